The molecular weight excluding hydrogens is 148 g/mol. The van der Waals surface area contributed by atoms with Crippen LogP contribution in [0.4, 0.5) is 0 Å². The van der Waals surface area contributed by atoms with E-state index < -0.39 is 5.60 Å². The van der Waals surface area contributed by atoms with Gasteiger partial charge in [-0.1, -0.05) is 26.7 Å². The maximum absolute atomic E-state index is 9.52. The summed E-state index contributed by atoms with van der Waals surface area (Å²) in [6.45, 7) is 8.27. The minimum atomic E-state index is -0.914. The third-order valence-corrected chi connectivity index (χ3v) is 2.54. The van der Waals surface area contributed by atoms with Crippen molar-refractivity contribution >= 4 is 0 Å². The second-order valence-corrected chi connectivity index (χ2v) is 4.18. The van der Waals surface area contributed by atoms with E-state index in [2.05, 4.69) is 26.7 Å². The first kappa shape index (κ1) is 11.5. The molecule has 0 heterocycles. The molecule has 0 bridgehead atoms. The summed E-state index contributed by atoms with van der Waals surface area (Å²) in [5.41, 5.74) is -0.914. The summed E-state index contributed by atoms with van der Waals surface area (Å²) >= 11 is 0. The van der Waals surface area contributed by atoms with Crippen LogP contribution in [0.5, 0.6) is 0 Å². The molecule has 70 valence electrons. The SMILES string of the molecule is C#C[C@](C)(O)CC[C@@H](C)C(C)C. The van der Waals surface area contributed by atoms with E-state index in [0.717, 1.165) is 6.42 Å². The lowest BCUT2D eigenvalue weighted by molar-refractivity contribution is 0.101. The normalized spacial score (nSPS) is 18.4. The van der Waals surface area contributed by atoms with E-state index in [1.54, 1.807) is 6.92 Å². The summed E-state index contributed by atoms with van der Waals surface area (Å²) in [7, 11) is 0. The lowest BCUT2D eigenvalue weighted by atomic mass is 9.89. The number of aliphatic hydroxyl groups is 1. The molecule has 0 aromatic rings. The highest BCUT2D eigenvalue weighted by molar-refractivity contribution is 5.04. The van der Waals surface area contributed by atoms with Crippen molar-refractivity contribution in [2.24, 2.45) is 11.8 Å². The zero-order valence-electron chi connectivity index (χ0n) is 8.59. The van der Waals surface area contributed by atoms with E-state index in [-0.39, 0.29) is 0 Å². The molecule has 0 amide bonds. The molecule has 0 aromatic heterocycles. The predicted octanol–water partition coefficient (Wildman–Crippen LogP) is 2.44. The molecule has 0 aromatic carbocycles. The minimum Gasteiger partial charge on any atom is -0.378 e. The monoisotopic (exact) mass is 168 g/mol. The van der Waals surface area contributed by atoms with Crippen LogP contribution in [0.15, 0.2) is 0 Å². The third-order valence-electron chi connectivity index (χ3n) is 2.54. The molecule has 0 aliphatic heterocycles. The highest BCUT2D eigenvalue weighted by Gasteiger charge is 2.18. The van der Waals surface area contributed by atoms with Crippen molar-refractivity contribution in [1.82, 2.24) is 0 Å². The molecule has 0 saturated heterocycles. The van der Waals surface area contributed by atoms with Crippen LogP contribution >= 0.6 is 0 Å². The maximum Gasteiger partial charge on any atom is 0.122 e. The predicted molar refractivity (Wildman–Crippen MR) is 52.7 cm³/mol. The first-order chi connectivity index (χ1) is 5.39. The van der Waals surface area contributed by atoms with Crippen molar-refractivity contribution < 1.29 is 5.11 Å². The average molecular weight is 168 g/mol. The maximum atomic E-state index is 9.52. The Labute approximate surface area is 76.2 Å². The van der Waals surface area contributed by atoms with Gasteiger partial charge in [0.2, 0.25) is 0 Å². The second kappa shape index (κ2) is 4.52. The van der Waals surface area contributed by atoms with Gasteiger partial charge in [0.25, 0.3) is 0 Å². The van der Waals surface area contributed by atoms with Crippen molar-refractivity contribution in [3.63, 3.8) is 0 Å². The molecule has 0 aliphatic rings. The lowest BCUT2D eigenvalue weighted by Gasteiger charge is -2.21. The Hall–Kier alpha value is -0.480. The summed E-state index contributed by atoms with van der Waals surface area (Å²) < 4.78 is 0. The molecule has 0 aliphatic carbocycles. The van der Waals surface area contributed by atoms with Gasteiger partial charge in [0.05, 0.1) is 0 Å². The van der Waals surface area contributed by atoms with Gasteiger partial charge >= 0.3 is 0 Å². The molecule has 0 spiro atoms. The van der Waals surface area contributed by atoms with E-state index in [1.165, 1.54) is 0 Å². The van der Waals surface area contributed by atoms with Crippen LogP contribution < -0.4 is 0 Å². The summed E-state index contributed by atoms with van der Waals surface area (Å²) in [5.74, 6) is 3.69. The second-order valence-electron chi connectivity index (χ2n) is 4.18. The van der Waals surface area contributed by atoms with Crippen LogP contribution in [0.25, 0.3) is 0 Å². The highest BCUT2D eigenvalue weighted by atomic mass is 16.3. The Morgan fingerprint density at radius 1 is 1.42 bits per heavy atom. The van der Waals surface area contributed by atoms with E-state index in [1.807, 2.05) is 0 Å². The van der Waals surface area contributed by atoms with Gasteiger partial charge < -0.3 is 5.11 Å². The Morgan fingerprint density at radius 2 is 1.92 bits per heavy atom. The Morgan fingerprint density at radius 3 is 2.25 bits per heavy atom. The summed E-state index contributed by atoms with van der Waals surface area (Å²) in [5, 5.41) is 9.52. The quantitative estimate of drug-likeness (QED) is 0.639. The average Bonchev–Trinajstić information content (AvgIpc) is 2.00. The number of hydrogen-bond acceptors (Lipinski definition) is 1. The van der Waals surface area contributed by atoms with E-state index >= 15 is 0 Å². The molecule has 0 rings (SSSR count). The zero-order valence-corrected chi connectivity index (χ0v) is 8.59. The van der Waals surface area contributed by atoms with Gasteiger partial charge in [0, 0.05) is 0 Å². The van der Waals surface area contributed by atoms with Crippen molar-refractivity contribution in [2.45, 2.75) is 46.1 Å². The number of rotatable bonds is 4. The number of terminal acetylenes is 1. The van der Waals surface area contributed by atoms with Crippen molar-refractivity contribution in [3.05, 3.63) is 0 Å². The van der Waals surface area contributed by atoms with Crippen LogP contribution in [-0.4, -0.2) is 10.7 Å². The molecule has 0 unspecified atom stereocenters. The van der Waals surface area contributed by atoms with Gasteiger partial charge in [-0.05, 0) is 31.6 Å². The van der Waals surface area contributed by atoms with Gasteiger partial charge in [0.1, 0.15) is 5.60 Å². The molecule has 1 N–H and O–H groups in total. The summed E-state index contributed by atoms with van der Waals surface area (Å²) in [6, 6.07) is 0. The fourth-order valence-corrected chi connectivity index (χ4v) is 0.914. The zero-order chi connectivity index (χ0) is 9.78. The molecule has 2 atom stereocenters. The van der Waals surface area contributed by atoms with Gasteiger partial charge in [-0.15, -0.1) is 6.42 Å². The van der Waals surface area contributed by atoms with Crippen molar-refractivity contribution in [2.75, 3.05) is 0 Å². The van der Waals surface area contributed by atoms with E-state index in [4.69, 9.17) is 6.42 Å². The molecule has 1 nitrogen and oxygen atoms in total. The Balaban J connectivity index is 3.77. The molecule has 1 heteroatoms. The topological polar surface area (TPSA) is 20.2 Å². The van der Waals surface area contributed by atoms with Crippen LogP contribution in [0.3, 0.4) is 0 Å². The number of hydrogen-bond donors (Lipinski definition) is 1. The first-order valence-electron chi connectivity index (χ1n) is 4.59. The molecule has 12 heavy (non-hydrogen) atoms. The van der Waals surface area contributed by atoms with Crippen LogP contribution in [0, 0.1) is 24.2 Å². The van der Waals surface area contributed by atoms with Crippen LogP contribution in [0.2, 0.25) is 0 Å². The summed E-state index contributed by atoms with van der Waals surface area (Å²) in [6.07, 6.45) is 6.86. The smallest absolute Gasteiger partial charge is 0.122 e. The van der Waals surface area contributed by atoms with Crippen LogP contribution in [0.1, 0.15) is 40.5 Å². The molecule has 0 radical (unpaired) electrons. The van der Waals surface area contributed by atoms with Gasteiger partial charge in [-0.3, -0.25) is 0 Å². The van der Waals surface area contributed by atoms with E-state index in [9.17, 15) is 5.11 Å². The van der Waals surface area contributed by atoms with Gasteiger partial charge in [-0.2, -0.15) is 0 Å². The lowest BCUT2D eigenvalue weighted by Crippen LogP contribution is -2.22. The van der Waals surface area contributed by atoms with Crippen molar-refractivity contribution in [1.29, 1.82) is 0 Å². The van der Waals surface area contributed by atoms with Crippen molar-refractivity contribution in [3.8, 4) is 12.3 Å². The molecular formula is C11H20O. The minimum absolute atomic E-state index is 0.629. The van der Waals surface area contributed by atoms with E-state index in [0.29, 0.717) is 18.3 Å². The highest BCUT2D eigenvalue weighted by Crippen LogP contribution is 2.20. The molecule has 0 fully saturated rings. The van der Waals surface area contributed by atoms with Gasteiger partial charge in [0.15, 0.2) is 0 Å². The Bertz CT molecular complexity index is 162. The fourth-order valence-electron chi connectivity index (χ4n) is 0.914. The van der Waals surface area contributed by atoms with Gasteiger partial charge in [-0.25, -0.2) is 0 Å². The van der Waals surface area contributed by atoms with Crippen LogP contribution in [-0.2, 0) is 0 Å². The summed E-state index contributed by atoms with van der Waals surface area (Å²) in [4.78, 5) is 0. The Kier molecular flexibility index (Phi) is 4.34. The third kappa shape index (κ3) is 4.41. The largest absolute Gasteiger partial charge is 0.378 e. The standard InChI is InChI=1S/C11H20O/c1-6-11(5,12)8-7-10(4)9(2)3/h1,9-10,12H,7-8H2,2-5H3/t10-,11+/m1/s1. The first-order valence-corrected chi connectivity index (χ1v) is 4.59. The molecule has 0 saturated carbocycles. The fraction of sp³-hybridized carbons (Fsp3) is 0.818.